The minimum Gasteiger partial charge on any atom is -0.383 e. The van der Waals surface area contributed by atoms with Gasteiger partial charge in [-0.3, -0.25) is 5.43 Å². The van der Waals surface area contributed by atoms with Gasteiger partial charge in [0.1, 0.15) is 5.82 Å². The zero-order valence-corrected chi connectivity index (χ0v) is 17.4. The van der Waals surface area contributed by atoms with Crippen molar-refractivity contribution in [2.24, 2.45) is 5.10 Å². The van der Waals surface area contributed by atoms with Gasteiger partial charge in [-0.1, -0.05) is 13.0 Å². The van der Waals surface area contributed by atoms with Crippen molar-refractivity contribution >= 4 is 28.7 Å². The average Bonchev–Trinajstić information content (AvgIpc) is 2.66. The Bertz CT molecular complexity index is 662. The molecule has 6 nitrogen and oxygen atoms in total. The molecule has 1 aliphatic rings. The van der Waals surface area contributed by atoms with Crippen LogP contribution in [0.2, 0.25) is 0 Å². The Hall–Kier alpha value is -1.77. The first-order valence-electron chi connectivity index (χ1n) is 9.31. The highest BCUT2D eigenvalue weighted by atomic mass is 32.1. The monoisotopic (exact) mass is 395 g/mol. The number of hydrogen-bond acceptors (Lipinski definition) is 5. The third-order valence-corrected chi connectivity index (χ3v) is 4.85. The van der Waals surface area contributed by atoms with E-state index in [0.717, 1.165) is 38.3 Å². The van der Waals surface area contributed by atoms with Crippen LogP contribution >= 0.6 is 12.2 Å². The van der Waals surface area contributed by atoms with Gasteiger partial charge in [-0.25, -0.2) is 4.39 Å². The number of anilines is 1. The zero-order valence-electron chi connectivity index (χ0n) is 16.6. The summed E-state index contributed by atoms with van der Waals surface area (Å²) in [6.07, 6.45) is 0. The van der Waals surface area contributed by atoms with E-state index in [1.54, 1.807) is 7.11 Å². The van der Waals surface area contributed by atoms with Crippen LogP contribution in [0.25, 0.3) is 0 Å². The summed E-state index contributed by atoms with van der Waals surface area (Å²) < 4.78 is 19.7. The summed E-state index contributed by atoms with van der Waals surface area (Å²) in [6, 6.07) is 5.35. The van der Waals surface area contributed by atoms with Gasteiger partial charge in [-0.2, -0.15) is 5.10 Å². The number of nitrogens with one attached hydrogen (secondary N) is 2. The third kappa shape index (κ3) is 6.41. The molecule has 1 aromatic rings. The first-order valence-corrected chi connectivity index (χ1v) is 9.72. The lowest BCUT2D eigenvalue weighted by Gasteiger charge is -2.35. The number of hydrazone groups is 1. The fourth-order valence-electron chi connectivity index (χ4n) is 3.04. The number of hydrogen-bond donors (Lipinski definition) is 2. The molecule has 150 valence electrons. The number of halogens is 1. The Morgan fingerprint density at radius 2 is 2.04 bits per heavy atom. The minimum absolute atomic E-state index is 0.0791. The number of methoxy groups -OCH3 is 1. The van der Waals surface area contributed by atoms with Crippen molar-refractivity contribution in [3.8, 4) is 0 Å². The Kier molecular flexibility index (Phi) is 8.40. The van der Waals surface area contributed by atoms with Crippen LogP contribution in [0.15, 0.2) is 23.3 Å². The molecule has 1 aromatic carbocycles. The number of benzene rings is 1. The molecule has 0 radical (unpaired) electrons. The molecule has 2 N–H and O–H groups in total. The van der Waals surface area contributed by atoms with Gasteiger partial charge in [0.15, 0.2) is 5.11 Å². The Morgan fingerprint density at radius 3 is 2.63 bits per heavy atom. The topological polar surface area (TPSA) is 52.1 Å². The maximum absolute atomic E-state index is 14.6. The van der Waals surface area contributed by atoms with Crippen LogP contribution in [0.1, 0.15) is 26.3 Å². The fraction of sp³-hybridized carbons (Fsp3) is 0.579. The van der Waals surface area contributed by atoms with Crippen LogP contribution in [-0.4, -0.2) is 68.2 Å². The first kappa shape index (κ1) is 21.5. The standard InChI is InChI=1S/C19H30FN5OS/c1-5-24-8-10-25(11-9-24)18-7-6-16(12-17(18)20)15(3)22-23-19(27)21-14(2)13-26-4/h6-7,12,14H,5,8-11,13H2,1-4H3,(H2,21,23,27)/b22-15-/t14-/m0/s1. The molecule has 1 fully saturated rings. The summed E-state index contributed by atoms with van der Waals surface area (Å²) >= 11 is 5.19. The van der Waals surface area contributed by atoms with E-state index in [1.807, 2.05) is 26.0 Å². The molecule has 0 unspecified atom stereocenters. The smallest absolute Gasteiger partial charge is 0.187 e. The molecule has 1 aliphatic heterocycles. The SMILES string of the molecule is CCN1CCN(c2ccc(/C(C)=N\NC(=S)N[C@@H](C)COC)cc2F)CC1. The lowest BCUT2D eigenvalue weighted by molar-refractivity contribution is 0.179. The summed E-state index contributed by atoms with van der Waals surface area (Å²) in [6.45, 7) is 11.1. The predicted molar refractivity (Wildman–Crippen MR) is 113 cm³/mol. The maximum atomic E-state index is 14.6. The van der Waals surface area contributed by atoms with Gasteiger partial charge in [-0.15, -0.1) is 0 Å². The van der Waals surface area contributed by atoms with Crippen molar-refractivity contribution < 1.29 is 9.13 Å². The van der Waals surface area contributed by atoms with Gasteiger partial charge < -0.3 is 19.9 Å². The van der Waals surface area contributed by atoms with E-state index in [4.69, 9.17) is 17.0 Å². The normalized spacial score (nSPS) is 16.9. The van der Waals surface area contributed by atoms with Crippen LogP contribution in [0.5, 0.6) is 0 Å². The first-order chi connectivity index (χ1) is 12.9. The van der Waals surface area contributed by atoms with Crippen molar-refractivity contribution in [1.82, 2.24) is 15.6 Å². The number of thiocarbonyl (C=S) groups is 1. The van der Waals surface area contributed by atoms with E-state index in [2.05, 4.69) is 32.6 Å². The van der Waals surface area contributed by atoms with Crippen LogP contribution in [0.3, 0.4) is 0 Å². The molecular weight excluding hydrogens is 365 g/mol. The predicted octanol–water partition coefficient (Wildman–Crippen LogP) is 2.19. The van der Waals surface area contributed by atoms with Gasteiger partial charge in [0.05, 0.1) is 18.0 Å². The summed E-state index contributed by atoms with van der Waals surface area (Å²) in [5, 5.41) is 7.72. The molecule has 0 spiro atoms. The molecule has 27 heavy (non-hydrogen) atoms. The Labute approximate surface area is 166 Å². The summed E-state index contributed by atoms with van der Waals surface area (Å²) in [4.78, 5) is 4.47. The van der Waals surface area contributed by atoms with Crippen LogP contribution in [0, 0.1) is 5.82 Å². The molecule has 2 rings (SSSR count). The number of piperazine rings is 1. The molecule has 8 heteroatoms. The van der Waals surface area contributed by atoms with Gasteiger partial charge in [0.25, 0.3) is 0 Å². The third-order valence-electron chi connectivity index (χ3n) is 4.64. The van der Waals surface area contributed by atoms with Crippen molar-refractivity contribution in [1.29, 1.82) is 0 Å². The highest BCUT2D eigenvalue weighted by Gasteiger charge is 2.18. The van der Waals surface area contributed by atoms with Crippen molar-refractivity contribution in [3.05, 3.63) is 29.6 Å². The second-order valence-electron chi connectivity index (χ2n) is 6.73. The average molecular weight is 396 g/mol. The van der Waals surface area contributed by atoms with E-state index >= 15 is 0 Å². The lowest BCUT2D eigenvalue weighted by Crippen LogP contribution is -2.46. The van der Waals surface area contributed by atoms with E-state index in [9.17, 15) is 4.39 Å². The summed E-state index contributed by atoms with van der Waals surface area (Å²) in [7, 11) is 1.64. The molecule has 0 aromatic heterocycles. The van der Waals surface area contributed by atoms with Gasteiger partial charge in [-0.05, 0) is 44.7 Å². The van der Waals surface area contributed by atoms with E-state index in [0.29, 0.717) is 23.1 Å². The molecule has 1 atom stereocenters. The summed E-state index contributed by atoms with van der Waals surface area (Å²) in [5.74, 6) is -0.221. The summed E-state index contributed by atoms with van der Waals surface area (Å²) in [5.41, 5.74) is 4.84. The molecule has 0 amide bonds. The van der Waals surface area contributed by atoms with Gasteiger partial charge in [0, 0.05) is 44.9 Å². The largest absolute Gasteiger partial charge is 0.383 e. The highest BCUT2D eigenvalue weighted by molar-refractivity contribution is 7.80. The van der Waals surface area contributed by atoms with Crippen LogP contribution < -0.4 is 15.6 Å². The fourth-order valence-corrected chi connectivity index (χ4v) is 3.29. The number of rotatable bonds is 7. The minimum atomic E-state index is -0.221. The maximum Gasteiger partial charge on any atom is 0.187 e. The van der Waals surface area contributed by atoms with Gasteiger partial charge >= 0.3 is 0 Å². The highest BCUT2D eigenvalue weighted by Crippen LogP contribution is 2.22. The molecular formula is C19H30FN5OS. The molecule has 1 heterocycles. The quantitative estimate of drug-likeness (QED) is 0.419. The number of likely N-dealkylation sites (N-methyl/N-ethyl adjacent to an activating group) is 1. The van der Waals surface area contributed by atoms with E-state index in [1.165, 1.54) is 6.07 Å². The lowest BCUT2D eigenvalue weighted by atomic mass is 10.1. The zero-order chi connectivity index (χ0) is 19.8. The van der Waals surface area contributed by atoms with Crippen LogP contribution in [-0.2, 0) is 4.74 Å². The molecule has 0 bridgehead atoms. The number of nitrogens with zero attached hydrogens (tertiary/aromatic N) is 3. The van der Waals surface area contributed by atoms with Gasteiger partial charge in [0.2, 0.25) is 0 Å². The molecule has 0 saturated carbocycles. The number of ether oxygens (including phenoxy) is 1. The molecule has 1 saturated heterocycles. The Balaban J connectivity index is 1.96. The van der Waals surface area contributed by atoms with Crippen molar-refractivity contribution in [3.63, 3.8) is 0 Å². The second-order valence-corrected chi connectivity index (χ2v) is 7.13. The van der Waals surface area contributed by atoms with Crippen molar-refractivity contribution in [2.45, 2.75) is 26.8 Å². The van der Waals surface area contributed by atoms with Crippen LogP contribution in [0.4, 0.5) is 10.1 Å². The van der Waals surface area contributed by atoms with E-state index < -0.39 is 0 Å². The van der Waals surface area contributed by atoms with Crippen molar-refractivity contribution in [2.75, 3.05) is 51.3 Å². The Morgan fingerprint density at radius 1 is 1.33 bits per heavy atom. The van der Waals surface area contributed by atoms with E-state index in [-0.39, 0.29) is 11.9 Å². The molecule has 0 aliphatic carbocycles. The second kappa shape index (κ2) is 10.5.